The Morgan fingerprint density at radius 2 is 1.92 bits per heavy atom. The van der Waals surface area contributed by atoms with Gasteiger partial charge in [0.1, 0.15) is 6.10 Å². The van der Waals surface area contributed by atoms with Crippen molar-refractivity contribution in [2.75, 3.05) is 0 Å². The molecule has 0 spiro atoms. The van der Waals surface area contributed by atoms with Crippen molar-refractivity contribution in [1.29, 1.82) is 0 Å². The van der Waals surface area contributed by atoms with Crippen molar-refractivity contribution in [2.24, 2.45) is 0 Å². The summed E-state index contributed by atoms with van der Waals surface area (Å²) in [4.78, 5) is 11.1. The van der Waals surface area contributed by atoms with Crippen LogP contribution < -0.4 is 5.32 Å². The van der Waals surface area contributed by atoms with E-state index in [9.17, 15) is 9.90 Å². The van der Waals surface area contributed by atoms with Crippen molar-refractivity contribution in [3.05, 3.63) is 0 Å². The van der Waals surface area contributed by atoms with E-state index in [2.05, 4.69) is 5.32 Å². The predicted molar refractivity (Wildman–Crippen MR) is 53.7 cm³/mol. The SMILES string of the molecule is CCC(=O)[C@@H](O)C[C@H](C)NC(C)C. The van der Waals surface area contributed by atoms with E-state index in [1.54, 1.807) is 6.92 Å². The Labute approximate surface area is 80.5 Å². The van der Waals surface area contributed by atoms with Crippen LogP contribution in [0, 0.1) is 0 Å². The van der Waals surface area contributed by atoms with Crippen LogP contribution in [0.1, 0.15) is 40.5 Å². The molecular formula is C10H21NO2. The Morgan fingerprint density at radius 1 is 1.38 bits per heavy atom. The summed E-state index contributed by atoms with van der Waals surface area (Å²) in [6, 6.07) is 0.574. The summed E-state index contributed by atoms with van der Waals surface area (Å²) < 4.78 is 0. The van der Waals surface area contributed by atoms with Crippen molar-refractivity contribution < 1.29 is 9.90 Å². The molecule has 0 aromatic heterocycles. The number of carbonyl (C=O) groups excluding carboxylic acids is 1. The van der Waals surface area contributed by atoms with Gasteiger partial charge in [0.15, 0.2) is 5.78 Å². The number of hydrogen-bond donors (Lipinski definition) is 2. The van der Waals surface area contributed by atoms with Crippen molar-refractivity contribution >= 4 is 5.78 Å². The lowest BCUT2D eigenvalue weighted by Crippen LogP contribution is -2.37. The molecule has 0 aromatic carbocycles. The summed E-state index contributed by atoms with van der Waals surface area (Å²) in [5.74, 6) is -0.0718. The molecular weight excluding hydrogens is 166 g/mol. The van der Waals surface area contributed by atoms with Gasteiger partial charge in [0.05, 0.1) is 0 Å². The average molecular weight is 187 g/mol. The van der Waals surface area contributed by atoms with E-state index in [-0.39, 0.29) is 11.8 Å². The zero-order chi connectivity index (χ0) is 10.4. The molecule has 0 aliphatic heterocycles. The topological polar surface area (TPSA) is 49.3 Å². The molecule has 13 heavy (non-hydrogen) atoms. The van der Waals surface area contributed by atoms with Crippen LogP contribution in [0.4, 0.5) is 0 Å². The normalized spacial score (nSPS) is 15.8. The maximum Gasteiger partial charge on any atom is 0.161 e. The first kappa shape index (κ1) is 12.6. The van der Waals surface area contributed by atoms with Gasteiger partial charge in [0, 0.05) is 18.5 Å². The van der Waals surface area contributed by atoms with Gasteiger partial charge in [0.2, 0.25) is 0 Å². The Bertz CT molecular complexity index is 157. The molecule has 0 fully saturated rings. The number of nitrogens with one attached hydrogen (secondary N) is 1. The second kappa shape index (κ2) is 6.11. The summed E-state index contributed by atoms with van der Waals surface area (Å²) in [5.41, 5.74) is 0. The molecule has 0 radical (unpaired) electrons. The third-order valence-electron chi connectivity index (χ3n) is 1.91. The minimum absolute atomic E-state index is 0.0718. The van der Waals surface area contributed by atoms with E-state index >= 15 is 0 Å². The summed E-state index contributed by atoms with van der Waals surface area (Å²) >= 11 is 0. The lowest BCUT2D eigenvalue weighted by Gasteiger charge is -2.19. The maximum absolute atomic E-state index is 11.1. The highest BCUT2D eigenvalue weighted by Gasteiger charge is 2.16. The van der Waals surface area contributed by atoms with Crippen molar-refractivity contribution in [3.8, 4) is 0 Å². The maximum atomic E-state index is 11.1. The fourth-order valence-corrected chi connectivity index (χ4v) is 1.34. The number of Topliss-reactive ketones (excluding diaryl/α,β-unsaturated/α-hetero) is 1. The molecule has 3 nitrogen and oxygen atoms in total. The lowest BCUT2D eigenvalue weighted by atomic mass is 10.1. The molecule has 0 aliphatic carbocycles. The lowest BCUT2D eigenvalue weighted by molar-refractivity contribution is -0.127. The molecule has 2 atom stereocenters. The van der Waals surface area contributed by atoms with E-state index in [0.717, 1.165) is 0 Å². The summed E-state index contributed by atoms with van der Waals surface area (Å²) in [6.45, 7) is 7.84. The van der Waals surface area contributed by atoms with Crippen LogP contribution in [-0.2, 0) is 4.79 Å². The highest BCUT2D eigenvalue weighted by molar-refractivity contribution is 5.82. The molecule has 0 aliphatic rings. The summed E-state index contributed by atoms with van der Waals surface area (Å²) in [7, 11) is 0. The van der Waals surface area contributed by atoms with Crippen molar-refractivity contribution in [2.45, 2.75) is 58.7 Å². The molecule has 0 rings (SSSR count). The van der Waals surface area contributed by atoms with Gasteiger partial charge in [-0.1, -0.05) is 20.8 Å². The van der Waals surface area contributed by atoms with Gasteiger partial charge >= 0.3 is 0 Å². The van der Waals surface area contributed by atoms with Gasteiger partial charge in [-0.25, -0.2) is 0 Å². The van der Waals surface area contributed by atoms with Gasteiger partial charge in [0.25, 0.3) is 0 Å². The number of carbonyl (C=O) groups is 1. The van der Waals surface area contributed by atoms with Crippen LogP contribution in [0.3, 0.4) is 0 Å². The minimum atomic E-state index is -0.800. The number of aliphatic hydroxyl groups excluding tert-OH is 1. The number of hydrogen-bond acceptors (Lipinski definition) is 3. The second-order valence-electron chi connectivity index (χ2n) is 3.79. The molecule has 0 saturated carbocycles. The molecule has 78 valence electrons. The Kier molecular flexibility index (Phi) is 5.91. The average Bonchev–Trinajstić information content (AvgIpc) is 2.01. The molecule has 3 heteroatoms. The quantitative estimate of drug-likeness (QED) is 0.654. The molecule has 0 saturated heterocycles. The molecule has 0 bridgehead atoms. The fraction of sp³-hybridized carbons (Fsp3) is 0.900. The number of aliphatic hydroxyl groups is 1. The van der Waals surface area contributed by atoms with Crippen molar-refractivity contribution in [3.63, 3.8) is 0 Å². The summed E-state index contributed by atoms with van der Waals surface area (Å²) in [6.07, 6.45) is 0.117. The highest BCUT2D eigenvalue weighted by Crippen LogP contribution is 2.02. The van der Waals surface area contributed by atoms with Gasteiger partial charge in [-0.2, -0.15) is 0 Å². The fourth-order valence-electron chi connectivity index (χ4n) is 1.34. The third kappa shape index (κ3) is 5.77. The first-order chi connectivity index (χ1) is 5.97. The van der Waals surface area contributed by atoms with Gasteiger partial charge in [-0.3, -0.25) is 4.79 Å². The van der Waals surface area contributed by atoms with Gasteiger partial charge < -0.3 is 10.4 Å². The Hall–Kier alpha value is -0.410. The monoisotopic (exact) mass is 187 g/mol. The molecule has 2 N–H and O–H groups in total. The molecule has 0 unspecified atom stereocenters. The van der Waals surface area contributed by atoms with Crippen LogP contribution in [0.5, 0.6) is 0 Å². The van der Waals surface area contributed by atoms with E-state index in [0.29, 0.717) is 18.9 Å². The van der Waals surface area contributed by atoms with Crippen LogP contribution in [0.15, 0.2) is 0 Å². The molecule has 0 heterocycles. The van der Waals surface area contributed by atoms with Gasteiger partial charge in [-0.15, -0.1) is 0 Å². The van der Waals surface area contributed by atoms with Crippen LogP contribution in [-0.4, -0.2) is 29.1 Å². The van der Waals surface area contributed by atoms with E-state index in [1.165, 1.54) is 0 Å². The highest BCUT2D eigenvalue weighted by atomic mass is 16.3. The largest absolute Gasteiger partial charge is 0.385 e. The Morgan fingerprint density at radius 3 is 2.31 bits per heavy atom. The molecule has 0 amide bonds. The zero-order valence-electron chi connectivity index (χ0n) is 9.00. The number of rotatable bonds is 6. The third-order valence-corrected chi connectivity index (χ3v) is 1.91. The smallest absolute Gasteiger partial charge is 0.161 e. The van der Waals surface area contributed by atoms with E-state index < -0.39 is 6.10 Å². The number of ketones is 1. The minimum Gasteiger partial charge on any atom is -0.385 e. The van der Waals surface area contributed by atoms with Crippen LogP contribution in [0.2, 0.25) is 0 Å². The van der Waals surface area contributed by atoms with Crippen molar-refractivity contribution in [1.82, 2.24) is 5.32 Å². The first-order valence-corrected chi connectivity index (χ1v) is 4.94. The summed E-state index contributed by atoms with van der Waals surface area (Å²) in [5, 5.41) is 12.7. The van der Waals surface area contributed by atoms with E-state index in [1.807, 2.05) is 20.8 Å². The first-order valence-electron chi connectivity index (χ1n) is 4.94. The Balaban J connectivity index is 3.77. The van der Waals surface area contributed by atoms with Gasteiger partial charge in [-0.05, 0) is 13.3 Å². The van der Waals surface area contributed by atoms with Crippen LogP contribution in [0.25, 0.3) is 0 Å². The second-order valence-corrected chi connectivity index (χ2v) is 3.79. The van der Waals surface area contributed by atoms with Crippen LogP contribution >= 0.6 is 0 Å². The van der Waals surface area contributed by atoms with E-state index in [4.69, 9.17) is 0 Å². The predicted octanol–water partition coefficient (Wildman–Crippen LogP) is 1.10. The molecule has 0 aromatic rings. The zero-order valence-corrected chi connectivity index (χ0v) is 9.00. The standard InChI is InChI=1S/C10H21NO2/c1-5-9(12)10(13)6-8(4)11-7(2)3/h7-8,10-11,13H,5-6H2,1-4H3/t8-,10-/m0/s1.